The van der Waals surface area contributed by atoms with Crippen LogP contribution in [-0.2, 0) is 26.2 Å². The van der Waals surface area contributed by atoms with Crippen LogP contribution in [-0.4, -0.2) is 54.0 Å². The lowest BCUT2D eigenvalue weighted by Crippen LogP contribution is -2.51. The van der Waals surface area contributed by atoms with Gasteiger partial charge in [0.1, 0.15) is 10.9 Å². The number of carbonyl (C=O) groups excluding carboxylic acids is 3. The molecule has 0 aromatic heterocycles. The number of rotatable bonds is 9. The van der Waals surface area contributed by atoms with Crippen molar-refractivity contribution in [1.29, 1.82) is 0 Å². The van der Waals surface area contributed by atoms with E-state index in [0.717, 1.165) is 15.4 Å². The van der Waals surface area contributed by atoms with Crippen molar-refractivity contribution >= 4 is 27.7 Å². The molecule has 0 saturated carbocycles. The van der Waals surface area contributed by atoms with Gasteiger partial charge in [-0.05, 0) is 50.5 Å². The molecule has 1 N–H and O–H groups in total. The summed E-state index contributed by atoms with van der Waals surface area (Å²) in [6.07, 6.45) is 0.166. The first kappa shape index (κ1) is 25.4. The largest absolute Gasteiger partial charge is 0.352 e. The second-order valence-corrected chi connectivity index (χ2v) is 10.5. The van der Waals surface area contributed by atoms with Crippen molar-refractivity contribution in [3.63, 3.8) is 0 Å². The van der Waals surface area contributed by atoms with E-state index < -0.39 is 27.9 Å². The third-order valence-electron chi connectivity index (χ3n) is 5.86. The fourth-order valence-corrected chi connectivity index (χ4v) is 5.63. The number of fused-ring (bicyclic) bond motifs is 1. The van der Waals surface area contributed by atoms with Gasteiger partial charge in [-0.1, -0.05) is 43.3 Å². The third kappa shape index (κ3) is 5.14. The summed E-state index contributed by atoms with van der Waals surface area (Å²) in [6, 6.07) is 12.8. The van der Waals surface area contributed by atoms with E-state index >= 15 is 0 Å². The van der Waals surface area contributed by atoms with E-state index in [1.165, 1.54) is 17.0 Å². The van der Waals surface area contributed by atoms with E-state index in [9.17, 15) is 22.8 Å². The maximum Gasteiger partial charge on any atom is 0.269 e. The number of carbonyl (C=O) groups is 3. The van der Waals surface area contributed by atoms with Crippen LogP contribution in [0.1, 0.15) is 55.1 Å². The molecule has 1 aliphatic rings. The zero-order valence-electron chi connectivity index (χ0n) is 19.9. The molecule has 3 amide bonds. The topological polar surface area (TPSA) is 104 Å². The molecule has 0 aliphatic carbocycles. The number of amides is 3. The van der Waals surface area contributed by atoms with Gasteiger partial charge < -0.3 is 10.2 Å². The Kier molecular flexibility index (Phi) is 7.76. The molecular weight excluding hydrogens is 454 g/mol. The lowest BCUT2D eigenvalue weighted by atomic mass is 10.1. The average Bonchev–Trinajstić information content (AvgIpc) is 2.98. The van der Waals surface area contributed by atoms with Crippen molar-refractivity contribution in [3.05, 3.63) is 65.2 Å². The Morgan fingerprint density at radius 3 is 2.32 bits per heavy atom. The summed E-state index contributed by atoms with van der Waals surface area (Å²) in [5.74, 6) is -1.30. The van der Waals surface area contributed by atoms with Crippen LogP contribution < -0.4 is 5.32 Å². The molecule has 1 heterocycles. The van der Waals surface area contributed by atoms with Gasteiger partial charge in [-0.3, -0.25) is 14.4 Å². The minimum atomic E-state index is -4.01. The maximum atomic E-state index is 13.4. The molecule has 8 nitrogen and oxygen atoms in total. The molecule has 2 aromatic carbocycles. The fraction of sp³-hybridized carbons (Fsp3) is 0.400. The highest BCUT2D eigenvalue weighted by molar-refractivity contribution is 7.90. The lowest BCUT2D eigenvalue weighted by molar-refractivity contribution is -0.141. The molecule has 0 bridgehead atoms. The summed E-state index contributed by atoms with van der Waals surface area (Å²) in [4.78, 5) is 40.5. The molecule has 0 saturated heterocycles. The highest BCUT2D eigenvalue weighted by Gasteiger charge is 2.41. The summed E-state index contributed by atoms with van der Waals surface area (Å²) in [5.41, 5.74) is 1.98. The molecule has 3 rings (SSSR count). The third-order valence-corrected chi connectivity index (χ3v) is 7.70. The number of hydrogen-bond acceptors (Lipinski definition) is 5. The molecule has 1 atom stereocenters. The van der Waals surface area contributed by atoms with Gasteiger partial charge in [0.2, 0.25) is 11.8 Å². The van der Waals surface area contributed by atoms with Crippen molar-refractivity contribution in [2.45, 2.75) is 64.1 Å². The number of aryl methyl sites for hydroxylation is 1. The Bertz CT molecular complexity index is 1190. The van der Waals surface area contributed by atoms with Crippen LogP contribution in [0.15, 0.2) is 53.4 Å². The summed E-state index contributed by atoms with van der Waals surface area (Å²) in [7, 11) is -4.01. The molecule has 2 aromatic rings. The second kappa shape index (κ2) is 10.4. The zero-order chi connectivity index (χ0) is 25.0. The van der Waals surface area contributed by atoms with E-state index in [2.05, 4.69) is 5.32 Å². The minimum absolute atomic E-state index is 0.0491. The molecule has 34 heavy (non-hydrogen) atoms. The summed E-state index contributed by atoms with van der Waals surface area (Å²) in [6.45, 7) is 7.37. The number of hydrogen-bond donors (Lipinski definition) is 1. The molecule has 182 valence electrons. The molecule has 0 radical (unpaired) electrons. The number of sulfonamides is 1. The average molecular weight is 486 g/mol. The Morgan fingerprint density at radius 1 is 1.06 bits per heavy atom. The highest BCUT2D eigenvalue weighted by atomic mass is 32.2. The van der Waals surface area contributed by atoms with Gasteiger partial charge in [0.05, 0.1) is 5.56 Å². The Balaban J connectivity index is 1.84. The van der Waals surface area contributed by atoms with Crippen molar-refractivity contribution in [3.8, 4) is 0 Å². The Morgan fingerprint density at radius 2 is 1.71 bits per heavy atom. The SMILES string of the molecule is CC[C@H](C(=O)NC(C)C)N(Cc1ccccc1C)C(=O)CCN1C(=O)c2ccccc2S1(=O)=O. The fourth-order valence-electron chi connectivity index (χ4n) is 4.06. The van der Waals surface area contributed by atoms with Crippen LogP contribution in [0.4, 0.5) is 0 Å². The maximum absolute atomic E-state index is 13.4. The smallest absolute Gasteiger partial charge is 0.269 e. The predicted molar refractivity (Wildman–Crippen MR) is 128 cm³/mol. The number of nitrogens with zero attached hydrogens (tertiary/aromatic N) is 2. The summed E-state index contributed by atoms with van der Waals surface area (Å²) >= 11 is 0. The molecule has 9 heteroatoms. The molecular formula is C25H31N3O5S. The van der Waals surface area contributed by atoms with Crippen LogP contribution in [0.5, 0.6) is 0 Å². The van der Waals surface area contributed by atoms with Crippen LogP contribution in [0.2, 0.25) is 0 Å². The van der Waals surface area contributed by atoms with Crippen LogP contribution in [0.25, 0.3) is 0 Å². The first-order valence-electron chi connectivity index (χ1n) is 11.4. The minimum Gasteiger partial charge on any atom is -0.352 e. The standard InChI is InChI=1S/C25H31N3O5S/c1-5-21(24(30)26-17(2)3)27(16-19-11-7-6-10-18(19)4)23(29)14-15-28-25(31)20-12-8-9-13-22(20)34(28,32)33/h6-13,17,21H,5,14-16H2,1-4H3,(H,26,30)/t21-/m1/s1. The summed E-state index contributed by atoms with van der Waals surface area (Å²) in [5, 5.41) is 2.87. The first-order chi connectivity index (χ1) is 16.1. The quantitative estimate of drug-likeness (QED) is 0.588. The van der Waals surface area contributed by atoms with Crippen molar-refractivity contribution in [1.82, 2.24) is 14.5 Å². The number of benzene rings is 2. The predicted octanol–water partition coefficient (Wildman–Crippen LogP) is 2.86. The van der Waals surface area contributed by atoms with Crippen LogP contribution >= 0.6 is 0 Å². The van der Waals surface area contributed by atoms with E-state index in [4.69, 9.17) is 0 Å². The van der Waals surface area contributed by atoms with Gasteiger partial charge in [-0.25, -0.2) is 12.7 Å². The highest BCUT2D eigenvalue weighted by Crippen LogP contribution is 2.30. The van der Waals surface area contributed by atoms with E-state index in [1.807, 2.05) is 52.0 Å². The molecule has 0 spiro atoms. The van der Waals surface area contributed by atoms with E-state index in [0.29, 0.717) is 6.42 Å². The van der Waals surface area contributed by atoms with Gasteiger partial charge in [-0.2, -0.15) is 0 Å². The zero-order valence-corrected chi connectivity index (χ0v) is 20.8. The van der Waals surface area contributed by atoms with Crippen molar-refractivity contribution in [2.75, 3.05) is 6.54 Å². The second-order valence-electron chi connectivity index (χ2n) is 8.66. The number of nitrogens with one attached hydrogen (secondary N) is 1. The van der Waals surface area contributed by atoms with Gasteiger partial charge in [-0.15, -0.1) is 0 Å². The lowest BCUT2D eigenvalue weighted by Gasteiger charge is -2.32. The van der Waals surface area contributed by atoms with Gasteiger partial charge >= 0.3 is 0 Å². The van der Waals surface area contributed by atoms with E-state index in [1.54, 1.807) is 12.1 Å². The molecule has 0 fully saturated rings. The molecule has 1 aliphatic heterocycles. The van der Waals surface area contributed by atoms with Crippen molar-refractivity contribution in [2.24, 2.45) is 0 Å². The van der Waals surface area contributed by atoms with E-state index in [-0.39, 0.29) is 41.9 Å². The van der Waals surface area contributed by atoms with Gasteiger partial charge in [0.15, 0.2) is 0 Å². The first-order valence-corrected chi connectivity index (χ1v) is 12.8. The van der Waals surface area contributed by atoms with Gasteiger partial charge in [0.25, 0.3) is 15.9 Å². The summed E-state index contributed by atoms with van der Waals surface area (Å²) < 4.78 is 26.4. The van der Waals surface area contributed by atoms with Crippen LogP contribution in [0, 0.1) is 6.92 Å². The van der Waals surface area contributed by atoms with Crippen molar-refractivity contribution < 1.29 is 22.8 Å². The Labute approximate surface area is 201 Å². The molecule has 0 unspecified atom stereocenters. The van der Waals surface area contributed by atoms with Crippen LogP contribution in [0.3, 0.4) is 0 Å². The monoisotopic (exact) mass is 485 g/mol. The normalized spacial score (nSPS) is 15.2. The Hall–Kier alpha value is -3.20. The van der Waals surface area contributed by atoms with Gasteiger partial charge in [0, 0.05) is 25.6 Å².